The summed E-state index contributed by atoms with van der Waals surface area (Å²) >= 11 is 1.73. The van der Waals surface area contributed by atoms with Crippen molar-refractivity contribution in [3.63, 3.8) is 0 Å². The average Bonchev–Trinajstić information content (AvgIpc) is 2.96. The van der Waals surface area contributed by atoms with Crippen LogP contribution < -0.4 is 19.1 Å². The average molecular weight is 577 g/mol. The van der Waals surface area contributed by atoms with Crippen LogP contribution in [0.15, 0.2) is 101 Å². The number of hydrogen-bond acceptors (Lipinski definition) is 6. The Bertz CT molecular complexity index is 1570. The molecule has 1 amide bonds. The van der Waals surface area contributed by atoms with E-state index in [0.29, 0.717) is 17.2 Å². The molecule has 4 rings (SSSR count). The fraction of sp³-hybridized carbons (Fsp3) is 0.194. The Hall–Kier alpha value is -3.95. The van der Waals surface area contributed by atoms with Gasteiger partial charge in [-0.05, 0) is 67.4 Å². The van der Waals surface area contributed by atoms with Crippen LogP contribution in [0.5, 0.6) is 11.5 Å². The van der Waals surface area contributed by atoms with E-state index in [1.54, 1.807) is 42.1 Å². The van der Waals surface area contributed by atoms with Crippen molar-refractivity contribution < 1.29 is 22.7 Å². The van der Waals surface area contributed by atoms with Crippen molar-refractivity contribution in [3.8, 4) is 11.5 Å². The lowest BCUT2D eigenvalue weighted by molar-refractivity contribution is -0.114. The summed E-state index contributed by atoms with van der Waals surface area (Å²) in [6.07, 6.45) is 0. The van der Waals surface area contributed by atoms with Crippen molar-refractivity contribution in [1.82, 2.24) is 0 Å². The second-order valence-electron chi connectivity index (χ2n) is 9.16. The molecule has 0 saturated heterocycles. The van der Waals surface area contributed by atoms with E-state index in [9.17, 15) is 13.2 Å². The maximum Gasteiger partial charge on any atom is 0.264 e. The minimum atomic E-state index is -4.13. The van der Waals surface area contributed by atoms with E-state index in [1.807, 2.05) is 50.2 Å². The number of aryl methyl sites for hydroxylation is 2. The molecule has 0 bridgehead atoms. The zero-order chi connectivity index (χ0) is 28.7. The van der Waals surface area contributed by atoms with E-state index in [1.165, 1.54) is 31.2 Å². The molecule has 0 aliphatic rings. The van der Waals surface area contributed by atoms with E-state index in [0.717, 1.165) is 26.7 Å². The minimum absolute atomic E-state index is 0.0622. The topological polar surface area (TPSA) is 84.9 Å². The van der Waals surface area contributed by atoms with Crippen LogP contribution in [0.1, 0.15) is 16.7 Å². The number of sulfonamides is 1. The first kappa shape index (κ1) is 29.0. The number of carbonyl (C=O) groups excluding carboxylic acids is 1. The van der Waals surface area contributed by atoms with Gasteiger partial charge in [0.1, 0.15) is 18.0 Å². The number of ether oxygens (including phenoxy) is 2. The SMILES string of the molecule is COc1ccc(OC)c(N(CC(=O)Nc2ccc(CSc3ccccc3)cc2C)S(=O)(=O)c2ccc(C)cc2)c1. The molecule has 0 aliphatic heterocycles. The summed E-state index contributed by atoms with van der Waals surface area (Å²) in [5.74, 6) is 1.02. The quantitative estimate of drug-likeness (QED) is 0.207. The van der Waals surface area contributed by atoms with Crippen molar-refractivity contribution in [2.45, 2.75) is 29.4 Å². The maximum absolute atomic E-state index is 13.8. The van der Waals surface area contributed by atoms with Crippen LogP contribution in [0, 0.1) is 13.8 Å². The van der Waals surface area contributed by atoms with Gasteiger partial charge < -0.3 is 14.8 Å². The predicted molar refractivity (Wildman–Crippen MR) is 161 cm³/mol. The van der Waals surface area contributed by atoms with Gasteiger partial charge in [-0.15, -0.1) is 11.8 Å². The van der Waals surface area contributed by atoms with Crippen LogP contribution in [-0.2, 0) is 20.6 Å². The Morgan fingerprint density at radius 3 is 2.25 bits per heavy atom. The summed E-state index contributed by atoms with van der Waals surface area (Å²) in [6, 6.07) is 27.3. The monoisotopic (exact) mass is 576 g/mol. The Kier molecular flexibility index (Phi) is 9.39. The van der Waals surface area contributed by atoms with Crippen LogP contribution in [0.2, 0.25) is 0 Å². The Morgan fingerprint density at radius 1 is 0.875 bits per heavy atom. The van der Waals surface area contributed by atoms with Gasteiger partial charge in [0.2, 0.25) is 5.91 Å². The maximum atomic E-state index is 13.8. The lowest BCUT2D eigenvalue weighted by atomic mass is 10.1. The molecular formula is C31H32N2O5S2. The fourth-order valence-electron chi connectivity index (χ4n) is 4.09. The van der Waals surface area contributed by atoms with E-state index < -0.39 is 22.5 Å². The van der Waals surface area contributed by atoms with Gasteiger partial charge in [0.25, 0.3) is 10.0 Å². The molecule has 4 aromatic rings. The molecule has 40 heavy (non-hydrogen) atoms. The first-order valence-corrected chi connectivity index (χ1v) is 15.0. The Balaban J connectivity index is 1.59. The summed E-state index contributed by atoms with van der Waals surface area (Å²) in [4.78, 5) is 14.6. The third-order valence-electron chi connectivity index (χ3n) is 6.26. The van der Waals surface area contributed by atoms with Gasteiger partial charge >= 0.3 is 0 Å². The number of anilines is 2. The molecule has 4 aromatic carbocycles. The van der Waals surface area contributed by atoms with Crippen molar-refractivity contribution >= 4 is 39.1 Å². The molecular weight excluding hydrogens is 544 g/mol. The standard InChI is InChI=1S/C31H32N2O5S2/c1-22-10-14-27(15-11-22)40(35,36)33(29-19-25(37-3)13-17-30(29)38-4)20-31(34)32-28-16-12-24(18-23(28)2)21-39-26-8-6-5-7-9-26/h5-19H,20-21H2,1-4H3,(H,32,34). The molecule has 0 unspecified atom stereocenters. The number of thioether (sulfide) groups is 1. The normalized spacial score (nSPS) is 11.1. The largest absolute Gasteiger partial charge is 0.497 e. The van der Waals surface area contributed by atoms with Gasteiger partial charge in [0, 0.05) is 22.4 Å². The van der Waals surface area contributed by atoms with Crippen LogP contribution in [0.4, 0.5) is 11.4 Å². The highest BCUT2D eigenvalue weighted by Crippen LogP contribution is 2.36. The number of rotatable bonds is 11. The summed E-state index contributed by atoms with van der Waals surface area (Å²) in [5.41, 5.74) is 3.73. The van der Waals surface area contributed by atoms with Crippen molar-refractivity contribution in [2.75, 3.05) is 30.4 Å². The van der Waals surface area contributed by atoms with Crippen LogP contribution in [0.25, 0.3) is 0 Å². The van der Waals surface area contributed by atoms with Crippen LogP contribution >= 0.6 is 11.8 Å². The van der Waals surface area contributed by atoms with Crippen molar-refractivity contribution in [1.29, 1.82) is 0 Å². The van der Waals surface area contributed by atoms with E-state index in [4.69, 9.17) is 9.47 Å². The first-order valence-electron chi connectivity index (χ1n) is 12.6. The molecule has 7 nitrogen and oxygen atoms in total. The summed E-state index contributed by atoms with van der Waals surface area (Å²) in [7, 11) is -1.20. The molecule has 0 aromatic heterocycles. The highest BCUT2D eigenvalue weighted by molar-refractivity contribution is 7.98. The minimum Gasteiger partial charge on any atom is -0.497 e. The highest BCUT2D eigenvalue weighted by atomic mass is 32.2. The van der Waals surface area contributed by atoms with Gasteiger partial charge in [0.05, 0.1) is 24.8 Å². The molecule has 0 aliphatic carbocycles. The number of carbonyl (C=O) groups is 1. The lowest BCUT2D eigenvalue weighted by Crippen LogP contribution is -2.38. The van der Waals surface area contributed by atoms with Crippen molar-refractivity contribution in [3.05, 3.63) is 108 Å². The molecule has 1 N–H and O–H groups in total. The third-order valence-corrected chi connectivity index (χ3v) is 9.12. The van der Waals surface area contributed by atoms with Crippen LogP contribution in [0.3, 0.4) is 0 Å². The number of benzene rings is 4. The van der Waals surface area contributed by atoms with Gasteiger partial charge in [-0.1, -0.05) is 48.0 Å². The van der Waals surface area contributed by atoms with Gasteiger partial charge in [0.15, 0.2) is 0 Å². The van der Waals surface area contributed by atoms with Crippen molar-refractivity contribution in [2.24, 2.45) is 0 Å². The molecule has 0 heterocycles. The zero-order valence-electron chi connectivity index (χ0n) is 22.9. The van der Waals surface area contributed by atoms with E-state index >= 15 is 0 Å². The molecule has 0 spiro atoms. The number of hydrogen-bond donors (Lipinski definition) is 1. The number of nitrogens with zero attached hydrogens (tertiary/aromatic N) is 1. The molecule has 0 fully saturated rings. The molecule has 208 valence electrons. The predicted octanol–water partition coefficient (Wildman–Crippen LogP) is 6.45. The van der Waals surface area contributed by atoms with Crippen LogP contribution in [-0.4, -0.2) is 35.1 Å². The number of nitrogens with one attached hydrogen (secondary N) is 1. The summed E-state index contributed by atoms with van der Waals surface area (Å²) < 4.78 is 39.5. The van der Waals surface area contributed by atoms with Gasteiger partial charge in [-0.25, -0.2) is 8.42 Å². The van der Waals surface area contributed by atoms with E-state index in [2.05, 4.69) is 17.4 Å². The summed E-state index contributed by atoms with van der Waals surface area (Å²) in [5, 5.41) is 2.89. The first-order chi connectivity index (χ1) is 19.2. The lowest BCUT2D eigenvalue weighted by Gasteiger charge is -2.26. The molecule has 0 radical (unpaired) electrons. The Labute approximate surface area is 240 Å². The zero-order valence-corrected chi connectivity index (χ0v) is 24.5. The molecule has 9 heteroatoms. The Morgan fingerprint density at radius 2 is 1.60 bits per heavy atom. The smallest absolute Gasteiger partial charge is 0.264 e. The second kappa shape index (κ2) is 12.9. The number of amides is 1. The molecule has 0 atom stereocenters. The van der Waals surface area contributed by atoms with Gasteiger partial charge in [-0.3, -0.25) is 9.10 Å². The highest BCUT2D eigenvalue weighted by Gasteiger charge is 2.30. The third kappa shape index (κ3) is 6.97. The fourth-order valence-corrected chi connectivity index (χ4v) is 6.37. The summed E-state index contributed by atoms with van der Waals surface area (Å²) in [6.45, 7) is 3.32. The van der Waals surface area contributed by atoms with E-state index in [-0.39, 0.29) is 10.6 Å². The molecule has 0 saturated carbocycles. The number of methoxy groups -OCH3 is 2. The van der Waals surface area contributed by atoms with Gasteiger partial charge in [-0.2, -0.15) is 0 Å². The second-order valence-corrected chi connectivity index (χ2v) is 12.1.